The molecule has 0 bridgehead atoms. The van der Waals surface area contributed by atoms with Gasteiger partial charge in [0.15, 0.2) is 0 Å². The molecule has 126 valence electrons. The number of hydrogen-bond acceptors (Lipinski definition) is 4. The predicted molar refractivity (Wildman–Crippen MR) is 103 cm³/mol. The Morgan fingerprint density at radius 2 is 1.72 bits per heavy atom. The Bertz CT molecular complexity index is 904. The van der Waals surface area contributed by atoms with Gasteiger partial charge >= 0.3 is 5.97 Å². The van der Waals surface area contributed by atoms with E-state index in [1.54, 1.807) is 24.3 Å². The number of benzene rings is 2. The number of carbonyl (C=O) groups excluding carboxylic acids is 2. The molecule has 0 radical (unpaired) electrons. The summed E-state index contributed by atoms with van der Waals surface area (Å²) in [5, 5.41) is 5.13. The number of carbonyl (C=O) groups is 2. The van der Waals surface area contributed by atoms with Crippen molar-refractivity contribution in [2.45, 2.75) is 0 Å². The maximum atomic E-state index is 12.4. The summed E-state index contributed by atoms with van der Waals surface area (Å²) in [6.07, 6.45) is 0. The summed E-state index contributed by atoms with van der Waals surface area (Å²) in [7, 11) is 1.33. The lowest BCUT2D eigenvalue weighted by Gasteiger charge is -2.08. The van der Waals surface area contributed by atoms with Gasteiger partial charge in [0.25, 0.3) is 5.91 Å². The third-order valence-electron chi connectivity index (χ3n) is 3.60. The molecule has 0 aliphatic carbocycles. The minimum atomic E-state index is -0.484. The minimum absolute atomic E-state index is 0.269. The zero-order valence-corrected chi connectivity index (χ0v) is 15.7. The fraction of sp³-hybridized carbons (Fsp3) is 0.0526. The summed E-state index contributed by atoms with van der Waals surface area (Å²) in [4.78, 5) is 24.7. The lowest BCUT2D eigenvalue weighted by Crippen LogP contribution is -2.14. The quantitative estimate of drug-likeness (QED) is 0.594. The van der Waals surface area contributed by atoms with E-state index in [1.807, 2.05) is 35.7 Å². The van der Waals surface area contributed by atoms with Crippen LogP contribution in [0.5, 0.6) is 0 Å². The Kier molecular flexibility index (Phi) is 5.31. The Morgan fingerprint density at radius 3 is 2.36 bits per heavy atom. The van der Waals surface area contributed by atoms with Crippen molar-refractivity contribution in [3.63, 3.8) is 0 Å². The molecule has 4 nitrogen and oxygen atoms in total. The summed E-state index contributed by atoms with van der Waals surface area (Å²) >= 11 is 4.69. The molecule has 2 aromatic carbocycles. The number of esters is 1. The summed E-state index contributed by atoms with van der Waals surface area (Å²) in [5.74, 6) is -0.752. The fourth-order valence-electron chi connectivity index (χ4n) is 2.36. The highest BCUT2D eigenvalue weighted by Gasteiger charge is 2.22. The van der Waals surface area contributed by atoms with Crippen LogP contribution in [0.25, 0.3) is 11.1 Å². The molecule has 0 fully saturated rings. The number of thiophene rings is 1. The number of anilines is 1. The highest BCUT2D eigenvalue weighted by Crippen LogP contribution is 2.36. The zero-order chi connectivity index (χ0) is 17.8. The van der Waals surface area contributed by atoms with E-state index in [4.69, 9.17) is 4.74 Å². The van der Waals surface area contributed by atoms with Crippen LogP contribution in [0.3, 0.4) is 0 Å². The smallest absolute Gasteiger partial charge is 0.341 e. The monoisotopic (exact) mass is 415 g/mol. The molecule has 1 aromatic heterocycles. The summed E-state index contributed by atoms with van der Waals surface area (Å²) in [6.45, 7) is 0. The van der Waals surface area contributed by atoms with E-state index < -0.39 is 5.97 Å². The second-order valence-corrected chi connectivity index (χ2v) is 6.97. The van der Waals surface area contributed by atoms with E-state index in [2.05, 4.69) is 21.2 Å². The van der Waals surface area contributed by atoms with Gasteiger partial charge in [-0.2, -0.15) is 0 Å². The van der Waals surface area contributed by atoms with Gasteiger partial charge in [0.1, 0.15) is 10.6 Å². The third-order valence-corrected chi connectivity index (χ3v) is 5.02. The van der Waals surface area contributed by atoms with E-state index in [-0.39, 0.29) is 5.91 Å². The van der Waals surface area contributed by atoms with E-state index in [1.165, 1.54) is 18.4 Å². The SMILES string of the molecule is COC(=O)c1c(-c2ccc(Br)cc2)csc1NC(=O)c1ccccc1. The van der Waals surface area contributed by atoms with Crippen molar-refractivity contribution in [3.05, 3.63) is 75.6 Å². The molecule has 6 heteroatoms. The third kappa shape index (κ3) is 3.81. The van der Waals surface area contributed by atoms with E-state index in [0.29, 0.717) is 16.1 Å². The highest BCUT2D eigenvalue weighted by atomic mass is 79.9. The number of rotatable bonds is 4. The normalized spacial score (nSPS) is 10.3. The van der Waals surface area contributed by atoms with Crippen LogP contribution in [0, 0.1) is 0 Å². The molecule has 0 saturated carbocycles. The van der Waals surface area contributed by atoms with Crippen LogP contribution in [0.2, 0.25) is 0 Å². The van der Waals surface area contributed by atoms with Crippen LogP contribution >= 0.6 is 27.3 Å². The number of amides is 1. The van der Waals surface area contributed by atoms with Crippen molar-refractivity contribution < 1.29 is 14.3 Å². The molecule has 3 aromatic rings. The van der Waals surface area contributed by atoms with Crippen LogP contribution in [-0.4, -0.2) is 19.0 Å². The van der Waals surface area contributed by atoms with Crippen LogP contribution in [-0.2, 0) is 4.74 Å². The molecule has 1 amide bonds. The lowest BCUT2D eigenvalue weighted by atomic mass is 10.0. The fourth-order valence-corrected chi connectivity index (χ4v) is 3.58. The molecule has 0 atom stereocenters. The van der Waals surface area contributed by atoms with Gasteiger partial charge in [-0.25, -0.2) is 4.79 Å². The summed E-state index contributed by atoms with van der Waals surface area (Å²) in [6, 6.07) is 16.5. The maximum Gasteiger partial charge on any atom is 0.341 e. The standard InChI is InChI=1S/C19H14BrNO3S/c1-24-19(23)16-15(12-7-9-14(20)10-8-12)11-25-18(16)21-17(22)13-5-3-2-4-6-13/h2-11H,1H3,(H,21,22). The Balaban J connectivity index is 1.98. The first-order valence-electron chi connectivity index (χ1n) is 7.42. The largest absolute Gasteiger partial charge is 0.465 e. The van der Waals surface area contributed by atoms with Gasteiger partial charge in [-0.3, -0.25) is 4.79 Å². The molecule has 0 aliphatic rings. The van der Waals surface area contributed by atoms with E-state index in [9.17, 15) is 9.59 Å². The number of hydrogen-bond donors (Lipinski definition) is 1. The number of nitrogens with one attached hydrogen (secondary N) is 1. The Labute approximate surface area is 157 Å². The van der Waals surface area contributed by atoms with Gasteiger partial charge in [-0.1, -0.05) is 46.3 Å². The highest BCUT2D eigenvalue weighted by molar-refractivity contribution is 9.10. The molecule has 25 heavy (non-hydrogen) atoms. The molecule has 0 spiro atoms. The Hall–Kier alpha value is -2.44. The molecule has 0 aliphatic heterocycles. The maximum absolute atomic E-state index is 12.4. The van der Waals surface area contributed by atoms with Crippen molar-refractivity contribution in [2.24, 2.45) is 0 Å². The van der Waals surface area contributed by atoms with Gasteiger partial charge < -0.3 is 10.1 Å². The number of ether oxygens (including phenoxy) is 1. The van der Waals surface area contributed by atoms with Crippen LogP contribution in [0.1, 0.15) is 20.7 Å². The molecule has 0 saturated heterocycles. The minimum Gasteiger partial charge on any atom is -0.465 e. The summed E-state index contributed by atoms with van der Waals surface area (Å²) < 4.78 is 5.86. The van der Waals surface area contributed by atoms with Crippen molar-refractivity contribution >= 4 is 44.1 Å². The van der Waals surface area contributed by atoms with Crippen molar-refractivity contribution in [2.75, 3.05) is 12.4 Å². The van der Waals surface area contributed by atoms with Crippen LogP contribution in [0.15, 0.2) is 64.5 Å². The zero-order valence-electron chi connectivity index (χ0n) is 13.3. The molecule has 3 rings (SSSR count). The molecular formula is C19H14BrNO3S. The summed E-state index contributed by atoms with van der Waals surface area (Å²) in [5.41, 5.74) is 2.49. The molecule has 1 heterocycles. The average molecular weight is 416 g/mol. The lowest BCUT2D eigenvalue weighted by molar-refractivity contribution is 0.0603. The van der Waals surface area contributed by atoms with Gasteiger partial charge in [0.05, 0.1) is 7.11 Å². The van der Waals surface area contributed by atoms with Crippen molar-refractivity contribution in [1.82, 2.24) is 0 Å². The topological polar surface area (TPSA) is 55.4 Å². The molecular weight excluding hydrogens is 402 g/mol. The van der Waals surface area contributed by atoms with E-state index in [0.717, 1.165) is 15.6 Å². The molecule has 0 unspecified atom stereocenters. The van der Waals surface area contributed by atoms with Crippen LogP contribution < -0.4 is 5.32 Å². The number of halogens is 1. The van der Waals surface area contributed by atoms with Crippen molar-refractivity contribution in [1.29, 1.82) is 0 Å². The van der Waals surface area contributed by atoms with Gasteiger partial charge in [-0.05, 0) is 29.8 Å². The molecule has 1 N–H and O–H groups in total. The van der Waals surface area contributed by atoms with Crippen molar-refractivity contribution in [3.8, 4) is 11.1 Å². The predicted octanol–water partition coefficient (Wildman–Crippen LogP) is 5.22. The first-order chi connectivity index (χ1) is 12.1. The first kappa shape index (κ1) is 17.4. The van der Waals surface area contributed by atoms with Gasteiger partial charge in [0.2, 0.25) is 0 Å². The van der Waals surface area contributed by atoms with Gasteiger partial charge in [0, 0.05) is 21.0 Å². The van der Waals surface area contributed by atoms with E-state index >= 15 is 0 Å². The first-order valence-corrected chi connectivity index (χ1v) is 9.09. The number of methoxy groups -OCH3 is 1. The average Bonchev–Trinajstić information content (AvgIpc) is 3.06. The second-order valence-electron chi connectivity index (χ2n) is 5.17. The Morgan fingerprint density at radius 1 is 1.04 bits per heavy atom. The second kappa shape index (κ2) is 7.63. The van der Waals surface area contributed by atoms with Crippen LogP contribution in [0.4, 0.5) is 5.00 Å². The van der Waals surface area contributed by atoms with Gasteiger partial charge in [-0.15, -0.1) is 11.3 Å².